The fourth-order valence-electron chi connectivity index (χ4n) is 3.57. The van der Waals surface area contributed by atoms with Crippen LogP contribution < -0.4 is 14.8 Å². The molecule has 1 unspecified atom stereocenters. The van der Waals surface area contributed by atoms with Crippen molar-refractivity contribution in [1.82, 2.24) is 15.0 Å². The lowest BCUT2D eigenvalue weighted by atomic mass is 10.0. The van der Waals surface area contributed by atoms with Crippen LogP contribution in [0, 0.1) is 11.3 Å². The summed E-state index contributed by atoms with van der Waals surface area (Å²) in [5.41, 5.74) is 4.26. The van der Waals surface area contributed by atoms with Gasteiger partial charge in [-0.1, -0.05) is 53.7 Å². The molecule has 36 heavy (non-hydrogen) atoms. The van der Waals surface area contributed by atoms with Crippen molar-refractivity contribution in [3.63, 3.8) is 0 Å². The lowest BCUT2D eigenvalue weighted by molar-refractivity contribution is -0.119. The number of ether oxygens (including phenoxy) is 2. The Bertz CT molecular complexity index is 1420. The van der Waals surface area contributed by atoms with Crippen LogP contribution in [0.25, 0.3) is 22.9 Å². The van der Waals surface area contributed by atoms with Crippen molar-refractivity contribution < 1.29 is 14.3 Å². The highest BCUT2D eigenvalue weighted by atomic mass is 16.5. The molecule has 0 aliphatic rings. The third kappa shape index (κ3) is 5.42. The summed E-state index contributed by atoms with van der Waals surface area (Å²) in [6, 6.07) is 23.9. The lowest BCUT2D eigenvalue weighted by Gasteiger charge is -2.14. The normalized spacial score (nSPS) is 11.9. The fraction of sp³-hybridized carbons (Fsp3) is 0.143. The van der Waals surface area contributed by atoms with Gasteiger partial charge < -0.3 is 14.8 Å². The number of methoxy groups -OCH3 is 2. The van der Waals surface area contributed by atoms with Gasteiger partial charge in [0.25, 0.3) is 0 Å². The van der Waals surface area contributed by atoms with Crippen molar-refractivity contribution in [1.29, 1.82) is 5.26 Å². The number of nitriles is 1. The van der Waals surface area contributed by atoms with Crippen LogP contribution in [0.4, 0.5) is 5.69 Å². The Hall–Kier alpha value is -4.90. The Morgan fingerprint density at radius 2 is 1.75 bits per heavy atom. The summed E-state index contributed by atoms with van der Waals surface area (Å²) in [4.78, 5) is 12.8. The summed E-state index contributed by atoms with van der Waals surface area (Å²) in [6.45, 7) is 1.75. The molecule has 3 aromatic carbocycles. The average Bonchev–Trinajstić information content (AvgIpc) is 3.42. The van der Waals surface area contributed by atoms with Crippen molar-refractivity contribution in [2.45, 2.75) is 13.0 Å². The number of para-hydroxylation sites is 2. The number of aromatic nitrogens is 3. The number of nitrogens with one attached hydrogen (secondary N) is 1. The average molecular weight is 480 g/mol. The maximum atomic E-state index is 12.8. The number of carbonyl (C=O) groups excluding carboxylic acids is 1. The van der Waals surface area contributed by atoms with E-state index in [0.29, 0.717) is 22.7 Å². The standard InChI is InChI=1S/C28H25N5O3/c1-19(28(34)30-25-6-4-5-7-27(25)36-3)33-18-26(31-32-33)22-12-10-21(11-13-22)23(17-29)16-20-8-14-24(35-2)15-9-20/h4-16,18-19H,1-3H3,(H,30,34)/b23-16+. The molecule has 8 nitrogen and oxygen atoms in total. The Morgan fingerprint density at radius 1 is 1.03 bits per heavy atom. The van der Waals surface area contributed by atoms with E-state index in [4.69, 9.17) is 9.47 Å². The number of hydrogen-bond acceptors (Lipinski definition) is 6. The minimum Gasteiger partial charge on any atom is -0.497 e. The van der Waals surface area contributed by atoms with Gasteiger partial charge in [0.05, 0.1) is 37.7 Å². The zero-order valence-corrected chi connectivity index (χ0v) is 20.2. The zero-order chi connectivity index (χ0) is 25.5. The van der Waals surface area contributed by atoms with Gasteiger partial charge in [-0.05, 0) is 48.4 Å². The van der Waals surface area contributed by atoms with Crippen LogP contribution in [0.5, 0.6) is 11.5 Å². The second-order valence-corrected chi connectivity index (χ2v) is 7.97. The van der Waals surface area contributed by atoms with Gasteiger partial charge in [-0.15, -0.1) is 5.10 Å². The largest absolute Gasteiger partial charge is 0.497 e. The van der Waals surface area contributed by atoms with Crippen molar-refractivity contribution in [3.8, 4) is 28.8 Å². The van der Waals surface area contributed by atoms with E-state index < -0.39 is 6.04 Å². The van der Waals surface area contributed by atoms with Crippen LogP contribution in [-0.4, -0.2) is 35.1 Å². The molecular formula is C28H25N5O3. The molecule has 0 radical (unpaired) electrons. The number of amides is 1. The molecule has 0 aliphatic heterocycles. The van der Waals surface area contributed by atoms with E-state index in [1.54, 1.807) is 39.5 Å². The summed E-state index contributed by atoms with van der Waals surface area (Å²) < 4.78 is 12.0. The quantitative estimate of drug-likeness (QED) is 0.274. The van der Waals surface area contributed by atoms with E-state index in [1.807, 2.05) is 66.7 Å². The van der Waals surface area contributed by atoms with Crippen LogP contribution in [0.2, 0.25) is 0 Å². The van der Waals surface area contributed by atoms with Gasteiger partial charge in [0.1, 0.15) is 23.2 Å². The number of hydrogen-bond donors (Lipinski definition) is 1. The Morgan fingerprint density at radius 3 is 2.42 bits per heavy atom. The van der Waals surface area contributed by atoms with Gasteiger partial charge in [-0.2, -0.15) is 5.26 Å². The van der Waals surface area contributed by atoms with E-state index in [1.165, 1.54) is 4.68 Å². The van der Waals surface area contributed by atoms with Gasteiger partial charge in [0.15, 0.2) is 0 Å². The van der Waals surface area contributed by atoms with E-state index in [9.17, 15) is 10.1 Å². The molecule has 0 aliphatic carbocycles. The smallest absolute Gasteiger partial charge is 0.249 e. The Kier molecular flexibility index (Phi) is 7.42. The van der Waals surface area contributed by atoms with Crippen LogP contribution in [0.15, 0.2) is 79.0 Å². The number of nitrogens with zero attached hydrogens (tertiary/aromatic N) is 4. The second kappa shape index (κ2) is 11.0. The first-order chi connectivity index (χ1) is 17.5. The number of carbonyl (C=O) groups is 1. The van der Waals surface area contributed by atoms with E-state index in [0.717, 1.165) is 22.4 Å². The summed E-state index contributed by atoms with van der Waals surface area (Å²) in [5, 5.41) is 20.9. The second-order valence-electron chi connectivity index (χ2n) is 7.97. The molecule has 1 amide bonds. The molecule has 180 valence electrons. The molecule has 0 bridgehead atoms. The van der Waals surface area contributed by atoms with E-state index >= 15 is 0 Å². The highest BCUT2D eigenvalue weighted by molar-refractivity contribution is 5.94. The van der Waals surface area contributed by atoms with Crippen molar-refractivity contribution >= 4 is 23.2 Å². The summed E-state index contributed by atoms with van der Waals surface area (Å²) in [7, 11) is 3.17. The van der Waals surface area contributed by atoms with Crippen LogP contribution in [-0.2, 0) is 4.79 Å². The van der Waals surface area contributed by atoms with Gasteiger partial charge in [-0.3, -0.25) is 4.79 Å². The Labute approximate surface area is 209 Å². The molecule has 0 saturated carbocycles. The highest BCUT2D eigenvalue weighted by Crippen LogP contribution is 2.26. The monoisotopic (exact) mass is 479 g/mol. The topological polar surface area (TPSA) is 102 Å². The molecule has 4 aromatic rings. The number of benzene rings is 3. The first-order valence-corrected chi connectivity index (χ1v) is 11.2. The lowest BCUT2D eigenvalue weighted by Crippen LogP contribution is -2.24. The minimum absolute atomic E-state index is 0.242. The molecule has 0 saturated heterocycles. The SMILES string of the molecule is COc1ccc(/C=C(\C#N)c2ccc(-c3cn(C(C)C(=O)Nc4ccccc4OC)nn3)cc2)cc1. The van der Waals surface area contributed by atoms with Gasteiger partial charge in [0.2, 0.25) is 5.91 Å². The third-order valence-electron chi connectivity index (χ3n) is 5.69. The number of rotatable bonds is 8. The zero-order valence-electron chi connectivity index (χ0n) is 20.2. The number of anilines is 1. The molecule has 1 N–H and O–H groups in total. The molecule has 0 spiro atoms. The molecule has 4 rings (SSSR count). The van der Waals surface area contributed by atoms with E-state index in [2.05, 4.69) is 21.7 Å². The van der Waals surface area contributed by atoms with Crippen molar-refractivity contribution in [2.75, 3.05) is 19.5 Å². The van der Waals surface area contributed by atoms with E-state index in [-0.39, 0.29) is 5.91 Å². The molecule has 1 atom stereocenters. The molecule has 1 aromatic heterocycles. The molecule has 8 heteroatoms. The maximum absolute atomic E-state index is 12.8. The molecule has 0 fully saturated rings. The fourth-order valence-corrected chi connectivity index (χ4v) is 3.57. The highest BCUT2D eigenvalue weighted by Gasteiger charge is 2.19. The van der Waals surface area contributed by atoms with Crippen molar-refractivity contribution in [3.05, 3.63) is 90.1 Å². The maximum Gasteiger partial charge on any atom is 0.249 e. The van der Waals surface area contributed by atoms with Gasteiger partial charge >= 0.3 is 0 Å². The summed E-state index contributed by atoms with van der Waals surface area (Å²) in [6.07, 6.45) is 3.55. The first kappa shape index (κ1) is 24.2. The number of allylic oxidation sites excluding steroid dienone is 1. The molecular weight excluding hydrogens is 454 g/mol. The predicted octanol–water partition coefficient (Wildman–Crippen LogP) is 5.23. The minimum atomic E-state index is -0.590. The van der Waals surface area contributed by atoms with Crippen LogP contribution >= 0.6 is 0 Å². The van der Waals surface area contributed by atoms with Crippen molar-refractivity contribution in [2.24, 2.45) is 0 Å². The van der Waals surface area contributed by atoms with Crippen LogP contribution in [0.3, 0.4) is 0 Å². The van der Waals surface area contributed by atoms with Crippen LogP contribution in [0.1, 0.15) is 24.1 Å². The third-order valence-corrected chi connectivity index (χ3v) is 5.69. The molecule has 1 heterocycles. The predicted molar refractivity (Wildman–Crippen MR) is 138 cm³/mol. The van der Waals surface area contributed by atoms with Gasteiger partial charge in [-0.25, -0.2) is 4.68 Å². The van der Waals surface area contributed by atoms with Gasteiger partial charge in [0, 0.05) is 5.56 Å². The summed E-state index contributed by atoms with van der Waals surface area (Å²) >= 11 is 0. The first-order valence-electron chi connectivity index (χ1n) is 11.2. The summed E-state index contributed by atoms with van der Waals surface area (Å²) in [5.74, 6) is 1.10. The Balaban J connectivity index is 1.48.